The molecule has 0 aromatic heterocycles. The summed E-state index contributed by atoms with van der Waals surface area (Å²) in [4.78, 5) is 0. The fourth-order valence-electron chi connectivity index (χ4n) is 1.85. The van der Waals surface area contributed by atoms with E-state index >= 15 is 0 Å². The van der Waals surface area contributed by atoms with Gasteiger partial charge in [-0.2, -0.15) is 8.78 Å². The first kappa shape index (κ1) is 16.2. The number of hydrogen-bond acceptors (Lipinski definition) is 2. The minimum Gasteiger partial charge on any atom is -0.434 e. The molecule has 0 unspecified atom stereocenters. The predicted octanol–water partition coefficient (Wildman–Crippen LogP) is 5.73. The van der Waals surface area contributed by atoms with E-state index in [1.54, 1.807) is 12.1 Å². The molecule has 0 spiro atoms. The zero-order valence-electron chi connectivity index (χ0n) is 11.2. The van der Waals surface area contributed by atoms with E-state index in [2.05, 4.69) is 41.9 Å². The molecule has 0 amide bonds. The Bertz CT molecular complexity index is 635. The third-order valence-corrected chi connectivity index (χ3v) is 4.26. The molecule has 0 saturated heterocycles. The molecule has 0 heterocycles. The first-order valence-corrected chi connectivity index (χ1v) is 7.77. The number of anilines is 1. The van der Waals surface area contributed by atoms with Gasteiger partial charge in [0.1, 0.15) is 5.75 Å². The van der Waals surface area contributed by atoms with Crippen LogP contribution < -0.4 is 10.1 Å². The number of benzene rings is 2. The summed E-state index contributed by atoms with van der Waals surface area (Å²) in [5.41, 5.74) is 2.67. The Morgan fingerprint density at radius 1 is 1.14 bits per heavy atom. The average molecular weight is 421 g/mol. The van der Waals surface area contributed by atoms with Crippen LogP contribution in [-0.2, 0) is 6.54 Å². The van der Waals surface area contributed by atoms with Crippen LogP contribution in [0.4, 0.5) is 14.5 Å². The molecule has 0 fully saturated rings. The lowest BCUT2D eigenvalue weighted by Crippen LogP contribution is -2.07. The molecule has 2 aromatic rings. The zero-order chi connectivity index (χ0) is 15.4. The molecule has 1 N–H and O–H groups in total. The molecular formula is C15H13Br2F2NO. The SMILES string of the molecule is Cc1cc(NCc2cc(Br)ccc2OC(F)F)ccc1Br. The summed E-state index contributed by atoms with van der Waals surface area (Å²) < 4.78 is 31.2. The van der Waals surface area contributed by atoms with Crippen molar-refractivity contribution in [3.8, 4) is 5.75 Å². The van der Waals surface area contributed by atoms with Gasteiger partial charge in [-0.05, 0) is 48.9 Å². The van der Waals surface area contributed by atoms with Gasteiger partial charge in [-0.3, -0.25) is 0 Å². The van der Waals surface area contributed by atoms with Crippen LogP contribution in [0.2, 0.25) is 0 Å². The highest BCUT2D eigenvalue weighted by atomic mass is 79.9. The Balaban J connectivity index is 2.14. The topological polar surface area (TPSA) is 21.3 Å². The highest BCUT2D eigenvalue weighted by molar-refractivity contribution is 9.10. The Labute approximate surface area is 138 Å². The van der Waals surface area contributed by atoms with E-state index in [-0.39, 0.29) is 5.75 Å². The van der Waals surface area contributed by atoms with Crippen molar-refractivity contribution in [1.82, 2.24) is 0 Å². The fourth-order valence-corrected chi connectivity index (χ4v) is 2.50. The molecule has 2 rings (SSSR count). The number of halogens is 4. The van der Waals surface area contributed by atoms with Gasteiger partial charge >= 0.3 is 6.61 Å². The standard InChI is InChI=1S/C15H13Br2F2NO/c1-9-6-12(3-4-13(9)17)20-8-10-7-11(16)2-5-14(10)21-15(18)19/h2-7,15,20H,8H2,1H3. The summed E-state index contributed by atoms with van der Waals surface area (Å²) in [5.74, 6) is 0.175. The van der Waals surface area contributed by atoms with Crippen LogP contribution in [0.1, 0.15) is 11.1 Å². The maximum absolute atomic E-state index is 12.4. The third kappa shape index (κ3) is 4.68. The highest BCUT2D eigenvalue weighted by Crippen LogP contribution is 2.26. The van der Waals surface area contributed by atoms with Crippen molar-refractivity contribution in [1.29, 1.82) is 0 Å². The predicted molar refractivity (Wildman–Crippen MR) is 87.0 cm³/mol. The van der Waals surface area contributed by atoms with E-state index in [9.17, 15) is 8.78 Å². The van der Waals surface area contributed by atoms with Gasteiger partial charge in [-0.1, -0.05) is 31.9 Å². The molecule has 0 aliphatic heterocycles. The molecule has 21 heavy (non-hydrogen) atoms. The lowest BCUT2D eigenvalue weighted by atomic mass is 10.2. The van der Waals surface area contributed by atoms with Gasteiger partial charge in [0.15, 0.2) is 0 Å². The van der Waals surface area contributed by atoms with Crippen LogP contribution in [0.15, 0.2) is 45.3 Å². The Kier molecular flexibility index (Phi) is 5.58. The Morgan fingerprint density at radius 3 is 2.57 bits per heavy atom. The maximum Gasteiger partial charge on any atom is 0.387 e. The lowest BCUT2D eigenvalue weighted by molar-refractivity contribution is -0.0504. The van der Waals surface area contributed by atoms with E-state index in [1.165, 1.54) is 6.07 Å². The molecule has 0 aliphatic carbocycles. The van der Waals surface area contributed by atoms with Crippen LogP contribution in [0.5, 0.6) is 5.75 Å². The minimum atomic E-state index is -2.83. The molecule has 6 heteroatoms. The molecule has 112 valence electrons. The first-order chi connectivity index (χ1) is 9.95. The van der Waals surface area contributed by atoms with Crippen LogP contribution >= 0.6 is 31.9 Å². The highest BCUT2D eigenvalue weighted by Gasteiger charge is 2.10. The molecule has 2 nitrogen and oxygen atoms in total. The minimum absolute atomic E-state index is 0.175. The largest absolute Gasteiger partial charge is 0.434 e. The van der Waals surface area contributed by atoms with Gasteiger partial charge in [0, 0.05) is 26.7 Å². The lowest BCUT2D eigenvalue weighted by Gasteiger charge is -2.13. The average Bonchev–Trinajstić information content (AvgIpc) is 2.42. The van der Waals surface area contributed by atoms with Crippen molar-refractivity contribution in [2.45, 2.75) is 20.1 Å². The molecule has 2 aromatic carbocycles. The van der Waals surface area contributed by atoms with Crippen molar-refractivity contribution < 1.29 is 13.5 Å². The number of rotatable bonds is 5. The van der Waals surface area contributed by atoms with Gasteiger partial charge in [0.2, 0.25) is 0 Å². The molecule has 0 saturated carbocycles. The summed E-state index contributed by atoms with van der Waals surface area (Å²) >= 11 is 6.77. The van der Waals surface area contributed by atoms with E-state index < -0.39 is 6.61 Å². The van der Waals surface area contributed by atoms with Gasteiger partial charge in [-0.15, -0.1) is 0 Å². The number of aryl methyl sites for hydroxylation is 1. The summed E-state index contributed by atoms with van der Waals surface area (Å²) in [7, 11) is 0. The second-order valence-electron chi connectivity index (χ2n) is 4.45. The first-order valence-electron chi connectivity index (χ1n) is 6.19. The molecular weight excluding hydrogens is 408 g/mol. The Morgan fingerprint density at radius 2 is 1.90 bits per heavy atom. The fraction of sp³-hybridized carbons (Fsp3) is 0.200. The van der Waals surface area contributed by atoms with Crippen molar-refractivity contribution in [3.05, 3.63) is 56.5 Å². The van der Waals surface area contributed by atoms with E-state index in [1.807, 2.05) is 25.1 Å². The van der Waals surface area contributed by atoms with Gasteiger partial charge in [-0.25, -0.2) is 0 Å². The van der Waals surface area contributed by atoms with Gasteiger partial charge < -0.3 is 10.1 Å². The van der Waals surface area contributed by atoms with Crippen molar-refractivity contribution >= 4 is 37.5 Å². The van der Waals surface area contributed by atoms with Gasteiger partial charge in [0.05, 0.1) is 0 Å². The smallest absolute Gasteiger partial charge is 0.387 e. The number of nitrogens with one attached hydrogen (secondary N) is 1. The van der Waals surface area contributed by atoms with Gasteiger partial charge in [0.25, 0.3) is 0 Å². The zero-order valence-corrected chi connectivity index (χ0v) is 14.3. The summed E-state index contributed by atoms with van der Waals surface area (Å²) in [6.07, 6.45) is 0. The second-order valence-corrected chi connectivity index (χ2v) is 6.22. The van der Waals surface area contributed by atoms with E-state index in [0.29, 0.717) is 12.1 Å². The second kappa shape index (κ2) is 7.22. The van der Waals surface area contributed by atoms with Crippen molar-refractivity contribution in [2.24, 2.45) is 0 Å². The monoisotopic (exact) mass is 419 g/mol. The molecule has 0 atom stereocenters. The summed E-state index contributed by atoms with van der Waals surface area (Å²) in [6, 6.07) is 10.8. The molecule has 0 aliphatic rings. The quantitative estimate of drug-likeness (QED) is 0.666. The van der Waals surface area contributed by atoms with Crippen LogP contribution in [0.3, 0.4) is 0 Å². The van der Waals surface area contributed by atoms with E-state index in [0.717, 1.165) is 20.2 Å². The number of ether oxygens (including phenoxy) is 1. The number of hydrogen-bond donors (Lipinski definition) is 1. The maximum atomic E-state index is 12.4. The van der Waals surface area contributed by atoms with Crippen molar-refractivity contribution in [2.75, 3.05) is 5.32 Å². The normalized spacial score (nSPS) is 10.8. The third-order valence-electron chi connectivity index (χ3n) is 2.88. The summed E-state index contributed by atoms with van der Waals surface area (Å²) in [5, 5.41) is 3.20. The van der Waals surface area contributed by atoms with Crippen molar-refractivity contribution in [3.63, 3.8) is 0 Å². The molecule has 0 bridgehead atoms. The number of alkyl halides is 2. The summed E-state index contributed by atoms with van der Waals surface area (Å²) in [6.45, 7) is -0.456. The van der Waals surface area contributed by atoms with Crippen LogP contribution in [0.25, 0.3) is 0 Å². The van der Waals surface area contributed by atoms with Crippen LogP contribution in [0, 0.1) is 6.92 Å². The van der Waals surface area contributed by atoms with Crippen LogP contribution in [-0.4, -0.2) is 6.61 Å². The van der Waals surface area contributed by atoms with E-state index in [4.69, 9.17) is 0 Å². The molecule has 0 radical (unpaired) electrons. The Hall–Kier alpha value is -1.14.